The number of hydrogen-bond donors (Lipinski definition) is 1. The summed E-state index contributed by atoms with van der Waals surface area (Å²) in [4.78, 5) is 11.0. The third-order valence-electron chi connectivity index (χ3n) is 2.23. The van der Waals surface area contributed by atoms with Crippen molar-refractivity contribution in [3.8, 4) is 0 Å². The van der Waals surface area contributed by atoms with Crippen LogP contribution in [0.25, 0.3) is 0 Å². The van der Waals surface area contributed by atoms with E-state index in [4.69, 9.17) is 10.5 Å². The lowest BCUT2D eigenvalue weighted by molar-refractivity contribution is -0.124. The van der Waals surface area contributed by atoms with Gasteiger partial charge in [-0.05, 0) is 30.1 Å². The van der Waals surface area contributed by atoms with Crippen LogP contribution in [0, 0.1) is 0 Å². The number of carbonyl (C=O) groups excluding carboxylic acids is 1. The molecule has 3 heteroatoms. The van der Waals surface area contributed by atoms with Crippen molar-refractivity contribution < 1.29 is 9.53 Å². The van der Waals surface area contributed by atoms with Crippen LogP contribution < -0.4 is 5.73 Å². The molecule has 1 rings (SSSR count). The lowest BCUT2D eigenvalue weighted by Crippen LogP contribution is -2.33. The maximum absolute atomic E-state index is 11.0. The van der Waals surface area contributed by atoms with E-state index >= 15 is 0 Å². The van der Waals surface area contributed by atoms with Crippen LogP contribution in [-0.2, 0) is 9.53 Å². The Bertz CT molecular complexity index is 266. The van der Waals surface area contributed by atoms with Gasteiger partial charge in [-0.1, -0.05) is 13.8 Å². The van der Waals surface area contributed by atoms with Gasteiger partial charge < -0.3 is 10.5 Å². The fourth-order valence-corrected chi connectivity index (χ4v) is 1.55. The van der Waals surface area contributed by atoms with Crippen molar-refractivity contribution in [2.45, 2.75) is 32.8 Å². The number of allylic oxidation sites excluding steroid dienone is 2. The van der Waals surface area contributed by atoms with Crippen molar-refractivity contribution in [3.63, 3.8) is 0 Å². The van der Waals surface area contributed by atoms with E-state index in [9.17, 15) is 4.79 Å². The van der Waals surface area contributed by atoms with Crippen molar-refractivity contribution >= 4 is 5.91 Å². The van der Waals surface area contributed by atoms with Crippen LogP contribution in [0.3, 0.4) is 0 Å². The molecule has 0 aromatic heterocycles. The number of nitrogens with two attached hydrogens (primary N) is 1. The predicted molar refractivity (Wildman–Crippen MR) is 50.8 cm³/mol. The van der Waals surface area contributed by atoms with Crippen LogP contribution in [0.2, 0.25) is 0 Å². The highest BCUT2D eigenvalue weighted by atomic mass is 16.5. The summed E-state index contributed by atoms with van der Waals surface area (Å²) in [6.07, 6.45) is 4.62. The number of ether oxygens (including phenoxy) is 1. The summed E-state index contributed by atoms with van der Waals surface area (Å²) in [6.45, 7) is 4.06. The molecule has 0 saturated carbocycles. The van der Waals surface area contributed by atoms with Gasteiger partial charge in [-0.25, -0.2) is 0 Å². The molecule has 13 heavy (non-hydrogen) atoms. The Balaban J connectivity index is 2.97. The minimum Gasteiger partial charge on any atom is -0.484 e. The number of rotatable bonds is 3. The molecule has 0 aromatic rings. The lowest BCUT2D eigenvalue weighted by atomic mass is 9.96. The number of amides is 1. The van der Waals surface area contributed by atoms with E-state index < -0.39 is 12.0 Å². The molecule has 1 amide bonds. The predicted octanol–water partition coefficient (Wildman–Crippen LogP) is 1.50. The van der Waals surface area contributed by atoms with Crippen LogP contribution in [0.5, 0.6) is 0 Å². The smallest absolute Gasteiger partial charge is 0.262 e. The van der Waals surface area contributed by atoms with E-state index in [1.54, 1.807) is 6.26 Å². The Morgan fingerprint density at radius 2 is 2.23 bits per heavy atom. The van der Waals surface area contributed by atoms with Crippen LogP contribution in [0.15, 0.2) is 23.5 Å². The van der Waals surface area contributed by atoms with Crippen LogP contribution in [0.4, 0.5) is 0 Å². The molecular weight excluding hydrogens is 166 g/mol. The molecule has 1 heterocycles. The number of hydrogen-bond acceptors (Lipinski definition) is 2. The van der Waals surface area contributed by atoms with E-state index in [0.29, 0.717) is 0 Å². The number of primary amides is 1. The Morgan fingerprint density at radius 3 is 2.69 bits per heavy atom. The second-order valence-corrected chi connectivity index (χ2v) is 2.98. The second-order valence-electron chi connectivity index (χ2n) is 2.98. The summed E-state index contributed by atoms with van der Waals surface area (Å²) in [5.41, 5.74) is 7.39. The van der Waals surface area contributed by atoms with Crippen LogP contribution >= 0.6 is 0 Å². The molecule has 0 spiro atoms. The fraction of sp³-hybridized carbons (Fsp3) is 0.500. The van der Waals surface area contributed by atoms with Crippen molar-refractivity contribution in [1.82, 2.24) is 0 Å². The highest BCUT2D eigenvalue weighted by Crippen LogP contribution is 2.23. The van der Waals surface area contributed by atoms with Gasteiger partial charge in [-0.2, -0.15) is 0 Å². The highest BCUT2D eigenvalue weighted by molar-refractivity contribution is 5.83. The Morgan fingerprint density at radius 1 is 1.54 bits per heavy atom. The fourth-order valence-electron chi connectivity index (χ4n) is 1.55. The summed E-state index contributed by atoms with van der Waals surface area (Å²) < 4.78 is 5.16. The third kappa shape index (κ3) is 1.91. The van der Waals surface area contributed by atoms with Gasteiger partial charge in [0.15, 0.2) is 6.10 Å². The summed E-state index contributed by atoms with van der Waals surface area (Å²) in [6, 6.07) is 0. The molecule has 1 aliphatic rings. The topological polar surface area (TPSA) is 52.3 Å². The van der Waals surface area contributed by atoms with E-state index in [1.807, 2.05) is 13.0 Å². The maximum Gasteiger partial charge on any atom is 0.262 e. The molecule has 0 radical (unpaired) electrons. The van der Waals surface area contributed by atoms with Crippen LogP contribution in [0.1, 0.15) is 26.7 Å². The Labute approximate surface area is 78.3 Å². The first kappa shape index (κ1) is 9.84. The minimum absolute atomic E-state index is 0.410. The zero-order chi connectivity index (χ0) is 9.84. The Kier molecular flexibility index (Phi) is 3.12. The number of carbonyl (C=O) groups is 1. The van der Waals surface area contributed by atoms with Crippen molar-refractivity contribution in [2.75, 3.05) is 0 Å². The molecule has 1 aliphatic heterocycles. The van der Waals surface area contributed by atoms with E-state index in [2.05, 4.69) is 6.92 Å². The first-order valence-electron chi connectivity index (χ1n) is 4.53. The quantitative estimate of drug-likeness (QED) is 0.717. The molecule has 0 aromatic carbocycles. The van der Waals surface area contributed by atoms with Gasteiger partial charge in [0.25, 0.3) is 5.91 Å². The van der Waals surface area contributed by atoms with Gasteiger partial charge >= 0.3 is 0 Å². The molecule has 0 fully saturated rings. The molecule has 0 aliphatic carbocycles. The second kappa shape index (κ2) is 4.12. The molecule has 72 valence electrons. The summed E-state index contributed by atoms with van der Waals surface area (Å²) >= 11 is 0. The van der Waals surface area contributed by atoms with E-state index in [0.717, 1.165) is 24.0 Å². The van der Waals surface area contributed by atoms with Gasteiger partial charge in [0.2, 0.25) is 0 Å². The van der Waals surface area contributed by atoms with Crippen LogP contribution in [-0.4, -0.2) is 12.0 Å². The molecule has 1 unspecified atom stereocenters. The first-order valence-corrected chi connectivity index (χ1v) is 4.53. The van der Waals surface area contributed by atoms with Gasteiger partial charge in [0.1, 0.15) is 0 Å². The molecule has 0 saturated heterocycles. The normalized spacial score (nSPS) is 21.5. The summed E-state index contributed by atoms with van der Waals surface area (Å²) in [5, 5.41) is 0. The van der Waals surface area contributed by atoms with Gasteiger partial charge in [-0.3, -0.25) is 4.79 Å². The average Bonchev–Trinajstić information content (AvgIpc) is 2.16. The van der Waals surface area contributed by atoms with Crippen molar-refractivity contribution in [3.05, 3.63) is 23.5 Å². The molecule has 0 bridgehead atoms. The van der Waals surface area contributed by atoms with Gasteiger partial charge in [0.05, 0.1) is 6.26 Å². The van der Waals surface area contributed by atoms with Gasteiger partial charge in [-0.15, -0.1) is 0 Å². The molecular formula is C10H15NO2. The third-order valence-corrected chi connectivity index (χ3v) is 2.23. The zero-order valence-electron chi connectivity index (χ0n) is 8.04. The average molecular weight is 181 g/mol. The van der Waals surface area contributed by atoms with Crippen molar-refractivity contribution in [1.29, 1.82) is 0 Å². The highest BCUT2D eigenvalue weighted by Gasteiger charge is 2.24. The van der Waals surface area contributed by atoms with Crippen molar-refractivity contribution in [2.24, 2.45) is 5.73 Å². The standard InChI is InChI=1S/C10H15NO2/c1-3-7-5-6-13-9(10(11)12)8(7)4-2/h5-6,9H,3-4H2,1-2H3,(H2,11,12). The Hall–Kier alpha value is -1.25. The van der Waals surface area contributed by atoms with E-state index in [-0.39, 0.29) is 0 Å². The maximum atomic E-state index is 11.0. The van der Waals surface area contributed by atoms with Gasteiger partial charge in [0, 0.05) is 0 Å². The largest absolute Gasteiger partial charge is 0.484 e. The summed E-state index contributed by atoms with van der Waals surface area (Å²) in [7, 11) is 0. The lowest BCUT2D eigenvalue weighted by Gasteiger charge is -2.22. The SMILES string of the molecule is CCC1=C(CC)C(C(N)=O)OC=C1. The first-order chi connectivity index (χ1) is 6.20. The molecule has 3 nitrogen and oxygen atoms in total. The monoisotopic (exact) mass is 181 g/mol. The molecule has 2 N–H and O–H groups in total. The summed E-state index contributed by atoms with van der Waals surface area (Å²) in [5.74, 6) is -0.410. The van der Waals surface area contributed by atoms with E-state index in [1.165, 1.54) is 0 Å². The minimum atomic E-state index is -0.551. The zero-order valence-corrected chi connectivity index (χ0v) is 8.04. The molecule has 1 atom stereocenters.